The summed E-state index contributed by atoms with van der Waals surface area (Å²) in [7, 11) is 0. The minimum Gasteiger partial charge on any atom is -0.459 e. The molecule has 0 aliphatic heterocycles. The van der Waals surface area contributed by atoms with Crippen LogP contribution in [0.25, 0.3) is 5.65 Å². The highest BCUT2D eigenvalue weighted by atomic mass is 35.5. The second-order valence-electron chi connectivity index (χ2n) is 5.64. The second kappa shape index (κ2) is 8.13. The molecular weight excluding hydrogens is 380 g/mol. The molecule has 0 aliphatic carbocycles. The van der Waals surface area contributed by atoms with E-state index in [0.29, 0.717) is 22.4 Å². The van der Waals surface area contributed by atoms with Crippen molar-refractivity contribution in [2.45, 2.75) is 13.0 Å². The van der Waals surface area contributed by atoms with Crippen molar-refractivity contribution in [2.75, 3.05) is 6.54 Å². The maximum Gasteiger partial charge on any atom is 0.307 e. The van der Waals surface area contributed by atoms with Crippen LogP contribution in [0.5, 0.6) is 0 Å². The van der Waals surface area contributed by atoms with Gasteiger partial charge in [-0.3, -0.25) is 9.59 Å². The van der Waals surface area contributed by atoms with E-state index >= 15 is 0 Å². The van der Waals surface area contributed by atoms with E-state index in [1.165, 1.54) is 0 Å². The van der Waals surface area contributed by atoms with Crippen molar-refractivity contribution in [1.82, 2.24) is 14.7 Å². The van der Waals surface area contributed by atoms with E-state index in [2.05, 4.69) is 10.3 Å². The quantitative estimate of drug-likeness (QED) is 0.653. The number of esters is 1. The molecule has 0 radical (unpaired) electrons. The molecule has 2 heterocycles. The van der Waals surface area contributed by atoms with E-state index in [1.54, 1.807) is 28.9 Å². The van der Waals surface area contributed by atoms with Crippen molar-refractivity contribution in [3.63, 3.8) is 0 Å². The minimum absolute atomic E-state index is 0.0291. The summed E-state index contributed by atoms with van der Waals surface area (Å²) in [6.07, 6.45) is 3.26. The highest BCUT2D eigenvalue weighted by Gasteiger charge is 2.13. The first-order valence-electron chi connectivity index (χ1n) is 7.94. The van der Waals surface area contributed by atoms with Gasteiger partial charge in [0.05, 0.1) is 22.7 Å². The van der Waals surface area contributed by atoms with Gasteiger partial charge in [-0.25, -0.2) is 13.8 Å². The minimum atomic E-state index is -0.970. The van der Waals surface area contributed by atoms with Crippen molar-refractivity contribution < 1.29 is 23.1 Å². The van der Waals surface area contributed by atoms with Gasteiger partial charge in [0, 0.05) is 25.0 Å². The van der Waals surface area contributed by atoms with Crippen LogP contribution in [0.15, 0.2) is 42.7 Å². The van der Waals surface area contributed by atoms with E-state index in [1.807, 2.05) is 0 Å². The fraction of sp³-hybridized carbons (Fsp3) is 0.167. The number of rotatable bonds is 6. The average molecular weight is 394 g/mol. The van der Waals surface area contributed by atoms with Gasteiger partial charge in [0.15, 0.2) is 0 Å². The molecule has 3 aromatic rings. The highest BCUT2D eigenvalue weighted by molar-refractivity contribution is 6.30. The van der Waals surface area contributed by atoms with Gasteiger partial charge in [-0.05, 0) is 24.3 Å². The average Bonchev–Trinajstić information content (AvgIpc) is 3.01. The molecule has 0 bridgehead atoms. The summed E-state index contributed by atoms with van der Waals surface area (Å²) >= 11 is 5.89. The normalized spacial score (nSPS) is 10.8. The number of ether oxygens (including phenoxy) is 1. The van der Waals surface area contributed by atoms with E-state index in [0.717, 1.165) is 12.1 Å². The molecule has 0 saturated carbocycles. The Morgan fingerprint density at radius 3 is 2.78 bits per heavy atom. The summed E-state index contributed by atoms with van der Waals surface area (Å²) in [6, 6.07) is 6.07. The van der Waals surface area contributed by atoms with Crippen LogP contribution in [0.2, 0.25) is 5.02 Å². The first-order chi connectivity index (χ1) is 12.9. The lowest BCUT2D eigenvalue weighted by atomic mass is 10.2. The Labute approximate surface area is 157 Å². The molecule has 1 N–H and O–H groups in total. The Bertz CT molecular complexity index is 1010. The molecule has 1 aromatic carbocycles. The van der Waals surface area contributed by atoms with Crippen LogP contribution in [-0.2, 0) is 16.1 Å². The third-order valence-corrected chi connectivity index (χ3v) is 3.86. The summed E-state index contributed by atoms with van der Waals surface area (Å²) in [5.74, 6) is -3.04. The third-order valence-electron chi connectivity index (χ3n) is 3.64. The van der Waals surface area contributed by atoms with Crippen LogP contribution in [0.3, 0.4) is 0 Å². The number of nitrogens with zero attached hydrogens (tertiary/aromatic N) is 2. The summed E-state index contributed by atoms with van der Waals surface area (Å²) in [5.41, 5.74) is 0.912. The van der Waals surface area contributed by atoms with Gasteiger partial charge in [0.2, 0.25) is 0 Å². The van der Waals surface area contributed by atoms with Crippen molar-refractivity contribution in [3.8, 4) is 0 Å². The number of hydrogen-bond donors (Lipinski definition) is 1. The maximum atomic E-state index is 13.5. The zero-order chi connectivity index (χ0) is 19.4. The molecule has 0 saturated heterocycles. The van der Waals surface area contributed by atoms with Crippen molar-refractivity contribution in [1.29, 1.82) is 0 Å². The Morgan fingerprint density at radius 2 is 2.00 bits per heavy atom. The smallest absolute Gasteiger partial charge is 0.307 e. The van der Waals surface area contributed by atoms with Gasteiger partial charge in [0.25, 0.3) is 5.91 Å². The Balaban J connectivity index is 1.45. The van der Waals surface area contributed by atoms with Crippen LogP contribution in [-0.4, -0.2) is 27.8 Å². The second-order valence-corrected chi connectivity index (χ2v) is 6.07. The molecule has 0 spiro atoms. The van der Waals surface area contributed by atoms with Crippen molar-refractivity contribution in [2.24, 2.45) is 0 Å². The molecule has 27 heavy (non-hydrogen) atoms. The van der Waals surface area contributed by atoms with Crippen LogP contribution in [0.4, 0.5) is 8.78 Å². The number of fused-ring (bicyclic) bond motifs is 1. The number of nitrogens with one attached hydrogen (secondary N) is 1. The van der Waals surface area contributed by atoms with E-state index in [9.17, 15) is 18.4 Å². The molecule has 0 fully saturated rings. The summed E-state index contributed by atoms with van der Waals surface area (Å²) < 4.78 is 33.1. The Morgan fingerprint density at radius 1 is 1.19 bits per heavy atom. The van der Waals surface area contributed by atoms with Crippen molar-refractivity contribution >= 4 is 29.1 Å². The van der Waals surface area contributed by atoms with E-state index < -0.39 is 23.5 Å². The summed E-state index contributed by atoms with van der Waals surface area (Å²) in [6.45, 7) is -0.0755. The molecule has 140 valence electrons. The number of imidazole rings is 1. The number of aromatic nitrogens is 2. The van der Waals surface area contributed by atoms with E-state index in [-0.39, 0.29) is 25.1 Å². The predicted molar refractivity (Wildman–Crippen MR) is 93.3 cm³/mol. The van der Waals surface area contributed by atoms with Crippen LogP contribution < -0.4 is 5.32 Å². The summed E-state index contributed by atoms with van der Waals surface area (Å²) in [4.78, 5) is 27.9. The fourth-order valence-corrected chi connectivity index (χ4v) is 2.53. The summed E-state index contributed by atoms with van der Waals surface area (Å²) in [5, 5.41) is 2.93. The van der Waals surface area contributed by atoms with Gasteiger partial charge in [0.1, 0.15) is 23.9 Å². The number of pyridine rings is 1. The monoisotopic (exact) mass is 393 g/mol. The van der Waals surface area contributed by atoms with Gasteiger partial charge < -0.3 is 14.5 Å². The number of hydrogen-bond acceptors (Lipinski definition) is 4. The number of halogens is 3. The molecule has 2 aromatic heterocycles. The fourth-order valence-electron chi connectivity index (χ4n) is 2.36. The zero-order valence-electron chi connectivity index (χ0n) is 13.9. The molecule has 0 atom stereocenters. The van der Waals surface area contributed by atoms with Gasteiger partial charge >= 0.3 is 5.97 Å². The Hall–Kier alpha value is -3.00. The largest absolute Gasteiger partial charge is 0.459 e. The molecule has 9 heteroatoms. The molecule has 0 unspecified atom stereocenters. The lowest BCUT2D eigenvalue weighted by Crippen LogP contribution is -2.27. The van der Waals surface area contributed by atoms with Crippen LogP contribution >= 0.6 is 11.6 Å². The van der Waals surface area contributed by atoms with E-state index in [4.69, 9.17) is 16.3 Å². The topological polar surface area (TPSA) is 72.7 Å². The third kappa shape index (κ3) is 4.79. The number of benzene rings is 1. The first-order valence-corrected chi connectivity index (χ1v) is 8.32. The molecule has 3 rings (SSSR count). The Kier molecular flexibility index (Phi) is 5.66. The number of carbonyl (C=O) groups excluding carboxylic acids is 2. The lowest BCUT2D eigenvalue weighted by Gasteiger charge is -2.06. The first kappa shape index (κ1) is 18.8. The number of carbonyl (C=O) groups is 2. The SMILES string of the molecule is O=C(CCNC(=O)c1ccc(F)cc1F)OCc1cn2cc(Cl)ccc2n1. The van der Waals surface area contributed by atoms with Gasteiger partial charge in [-0.15, -0.1) is 0 Å². The highest BCUT2D eigenvalue weighted by Crippen LogP contribution is 2.12. The zero-order valence-corrected chi connectivity index (χ0v) is 14.7. The van der Waals surface area contributed by atoms with Gasteiger partial charge in [-0.1, -0.05) is 11.6 Å². The lowest BCUT2D eigenvalue weighted by molar-refractivity contribution is -0.144. The standard InChI is InChI=1S/C18H14ClF2N3O3/c19-11-1-4-16-23-13(9-24(16)8-11)10-27-17(25)5-6-22-18(26)14-3-2-12(20)7-15(14)21/h1-4,7-9H,5-6,10H2,(H,22,26). The van der Waals surface area contributed by atoms with Crippen LogP contribution in [0.1, 0.15) is 22.5 Å². The van der Waals surface area contributed by atoms with Gasteiger partial charge in [-0.2, -0.15) is 0 Å². The number of amides is 1. The predicted octanol–water partition coefficient (Wildman–Crippen LogP) is 3.13. The molecule has 1 amide bonds. The maximum absolute atomic E-state index is 13.5. The molecule has 6 nitrogen and oxygen atoms in total. The van der Waals surface area contributed by atoms with Crippen LogP contribution in [0, 0.1) is 11.6 Å². The molecule has 0 aliphatic rings. The molecular formula is C18H14ClF2N3O3. The van der Waals surface area contributed by atoms with Crippen molar-refractivity contribution in [3.05, 3.63) is 70.6 Å².